The predicted octanol–water partition coefficient (Wildman–Crippen LogP) is 1.18. The third kappa shape index (κ3) is 2.39. The summed E-state index contributed by atoms with van der Waals surface area (Å²) in [4.78, 5) is 13.2. The lowest BCUT2D eigenvalue weighted by atomic mass is 10.1. The van der Waals surface area contributed by atoms with Gasteiger partial charge in [0, 0.05) is 19.2 Å². The first-order valence-electron chi connectivity index (χ1n) is 5.45. The molecule has 1 heterocycles. The fourth-order valence-electron chi connectivity index (χ4n) is 1.75. The number of aliphatic hydroxyl groups excluding tert-OH is 1. The van der Waals surface area contributed by atoms with Crippen LogP contribution in [0.4, 0.5) is 10.1 Å². The Labute approximate surface area is 98.6 Å². The molecule has 1 amide bonds. The van der Waals surface area contributed by atoms with Crippen LogP contribution in [0.25, 0.3) is 0 Å². The number of hydrogen-bond donors (Lipinski definition) is 1. The Kier molecular flexibility index (Phi) is 3.28. The zero-order chi connectivity index (χ0) is 12.4. The van der Waals surface area contributed by atoms with Crippen molar-refractivity contribution in [3.8, 4) is 5.75 Å². The smallest absolute Gasteiger partial charge is 0.265 e. The molecule has 1 unspecified atom stereocenters. The summed E-state index contributed by atoms with van der Waals surface area (Å²) in [5, 5.41) is 9.01. The minimum atomic E-state index is -0.395. The van der Waals surface area contributed by atoms with Gasteiger partial charge >= 0.3 is 0 Å². The second kappa shape index (κ2) is 4.71. The lowest BCUT2D eigenvalue weighted by Crippen LogP contribution is -2.41. The van der Waals surface area contributed by atoms with Crippen LogP contribution in [0.1, 0.15) is 6.92 Å². The van der Waals surface area contributed by atoms with Crippen molar-refractivity contribution in [2.75, 3.05) is 24.7 Å². The minimum absolute atomic E-state index is 0.00116. The van der Waals surface area contributed by atoms with Crippen molar-refractivity contribution in [3.05, 3.63) is 24.0 Å². The first kappa shape index (κ1) is 11.9. The molecule has 0 spiro atoms. The summed E-state index contributed by atoms with van der Waals surface area (Å²) in [5.41, 5.74) is 0.558. The molecule has 1 aliphatic heterocycles. The highest BCUT2D eigenvalue weighted by atomic mass is 19.1. The number of anilines is 1. The fraction of sp³-hybridized carbons (Fsp3) is 0.417. The maximum atomic E-state index is 13.0. The van der Waals surface area contributed by atoms with E-state index in [2.05, 4.69) is 0 Å². The van der Waals surface area contributed by atoms with E-state index in [1.165, 1.54) is 23.1 Å². The number of nitrogens with zero attached hydrogens (tertiary/aromatic N) is 1. The van der Waals surface area contributed by atoms with Gasteiger partial charge in [0.2, 0.25) is 0 Å². The summed E-state index contributed by atoms with van der Waals surface area (Å²) in [5.74, 6) is -0.234. The zero-order valence-corrected chi connectivity index (χ0v) is 9.52. The van der Waals surface area contributed by atoms with Gasteiger partial charge in [0.25, 0.3) is 5.91 Å². The van der Waals surface area contributed by atoms with Crippen LogP contribution in [0.3, 0.4) is 0 Å². The van der Waals surface area contributed by atoms with Crippen molar-refractivity contribution in [3.63, 3.8) is 0 Å². The molecule has 0 aromatic heterocycles. The molecule has 1 aromatic rings. The van der Waals surface area contributed by atoms with E-state index in [1.807, 2.05) is 6.92 Å². The van der Waals surface area contributed by atoms with Gasteiger partial charge in [0.05, 0.1) is 5.69 Å². The number of benzene rings is 1. The average molecular weight is 239 g/mol. The maximum Gasteiger partial charge on any atom is 0.265 e. The number of aliphatic hydroxyl groups is 1. The van der Waals surface area contributed by atoms with E-state index < -0.39 is 5.82 Å². The number of amides is 1. The van der Waals surface area contributed by atoms with Gasteiger partial charge in [-0.2, -0.15) is 0 Å². The summed E-state index contributed by atoms with van der Waals surface area (Å²) >= 11 is 0. The Morgan fingerprint density at radius 1 is 1.59 bits per heavy atom. The minimum Gasteiger partial charge on any atom is -0.481 e. The summed E-state index contributed by atoms with van der Waals surface area (Å²) in [6, 6.07) is 4.07. The number of hydrogen-bond acceptors (Lipinski definition) is 3. The van der Waals surface area contributed by atoms with Crippen LogP contribution >= 0.6 is 0 Å². The molecule has 0 saturated carbocycles. The van der Waals surface area contributed by atoms with Gasteiger partial charge in [-0.15, -0.1) is 0 Å². The van der Waals surface area contributed by atoms with Gasteiger partial charge in [-0.05, 0) is 18.1 Å². The first-order valence-corrected chi connectivity index (χ1v) is 5.45. The summed E-state index contributed by atoms with van der Waals surface area (Å²) in [7, 11) is 0. The Hall–Kier alpha value is -1.62. The molecule has 4 nitrogen and oxygen atoms in total. The van der Waals surface area contributed by atoms with E-state index in [-0.39, 0.29) is 25.0 Å². The molecule has 0 bridgehead atoms. The van der Waals surface area contributed by atoms with Crippen molar-refractivity contribution in [2.45, 2.75) is 6.92 Å². The van der Waals surface area contributed by atoms with Gasteiger partial charge in [-0.25, -0.2) is 4.39 Å². The first-order chi connectivity index (χ1) is 8.11. The molecule has 1 N–H and O–H groups in total. The van der Waals surface area contributed by atoms with Crippen LogP contribution in [0, 0.1) is 11.7 Å². The van der Waals surface area contributed by atoms with E-state index in [4.69, 9.17) is 9.84 Å². The molecule has 1 atom stereocenters. The van der Waals surface area contributed by atoms with Gasteiger partial charge in [-0.3, -0.25) is 4.79 Å². The highest BCUT2D eigenvalue weighted by molar-refractivity contribution is 5.97. The van der Waals surface area contributed by atoms with Crippen molar-refractivity contribution in [2.24, 2.45) is 5.92 Å². The topological polar surface area (TPSA) is 49.8 Å². The van der Waals surface area contributed by atoms with Crippen LogP contribution in [0.15, 0.2) is 18.2 Å². The van der Waals surface area contributed by atoms with Crippen LogP contribution < -0.4 is 9.64 Å². The van der Waals surface area contributed by atoms with Crippen LogP contribution in [0.5, 0.6) is 5.75 Å². The summed E-state index contributed by atoms with van der Waals surface area (Å²) in [6.07, 6.45) is 0. The van der Waals surface area contributed by atoms with E-state index in [9.17, 15) is 9.18 Å². The fourth-order valence-corrected chi connectivity index (χ4v) is 1.75. The Bertz CT molecular complexity index is 436. The number of fused-ring (bicyclic) bond motifs is 1. The van der Waals surface area contributed by atoms with Crippen LogP contribution in [0.2, 0.25) is 0 Å². The number of ether oxygens (including phenoxy) is 1. The SMILES string of the molecule is CC(CO)CN1C(=O)COc2cc(F)ccc21. The van der Waals surface area contributed by atoms with E-state index >= 15 is 0 Å². The van der Waals surface area contributed by atoms with Crippen molar-refractivity contribution in [1.29, 1.82) is 0 Å². The molecular formula is C12H14FNO3. The molecule has 0 aliphatic carbocycles. The quantitative estimate of drug-likeness (QED) is 0.861. The predicted molar refractivity (Wildman–Crippen MR) is 60.5 cm³/mol. The van der Waals surface area contributed by atoms with Crippen molar-refractivity contribution in [1.82, 2.24) is 0 Å². The Morgan fingerprint density at radius 2 is 2.35 bits per heavy atom. The number of rotatable bonds is 3. The lowest BCUT2D eigenvalue weighted by Gasteiger charge is -2.30. The highest BCUT2D eigenvalue weighted by Crippen LogP contribution is 2.32. The van der Waals surface area contributed by atoms with Gasteiger partial charge in [-0.1, -0.05) is 6.92 Å². The molecule has 5 heteroatoms. The summed E-state index contributed by atoms with van der Waals surface area (Å²) in [6.45, 7) is 2.15. The van der Waals surface area contributed by atoms with Gasteiger partial charge in [0.1, 0.15) is 11.6 Å². The molecule has 0 saturated heterocycles. The third-order valence-electron chi connectivity index (χ3n) is 2.67. The largest absolute Gasteiger partial charge is 0.481 e. The second-order valence-electron chi connectivity index (χ2n) is 4.19. The Balaban J connectivity index is 2.30. The van der Waals surface area contributed by atoms with E-state index in [1.54, 1.807) is 0 Å². The highest BCUT2D eigenvalue weighted by Gasteiger charge is 2.26. The van der Waals surface area contributed by atoms with E-state index in [0.29, 0.717) is 18.0 Å². The van der Waals surface area contributed by atoms with Crippen molar-refractivity contribution >= 4 is 11.6 Å². The molecule has 1 aliphatic rings. The lowest BCUT2D eigenvalue weighted by molar-refractivity contribution is -0.121. The number of carbonyl (C=O) groups is 1. The summed E-state index contributed by atoms with van der Waals surface area (Å²) < 4.78 is 18.2. The molecule has 1 aromatic carbocycles. The maximum absolute atomic E-state index is 13.0. The standard InChI is InChI=1S/C12H14FNO3/c1-8(6-15)5-14-10-3-2-9(13)4-11(10)17-7-12(14)16/h2-4,8,15H,5-7H2,1H3. The van der Waals surface area contributed by atoms with Gasteiger partial charge in [0.15, 0.2) is 6.61 Å². The number of halogens is 1. The molecule has 17 heavy (non-hydrogen) atoms. The Morgan fingerprint density at radius 3 is 3.06 bits per heavy atom. The average Bonchev–Trinajstić information content (AvgIpc) is 2.32. The molecular weight excluding hydrogens is 225 g/mol. The zero-order valence-electron chi connectivity index (χ0n) is 9.52. The van der Waals surface area contributed by atoms with Gasteiger partial charge < -0.3 is 14.7 Å². The van der Waals surface area contributed by atoms with Crippen molar-refractivity contribution < 1.29 is 19.0 Å². The second-order valence-corrected chi connectivity index (χ2v) is 4.19. The monoisotopic (exact) mass is 239 g/mol. The normalized spacial score (nSPS) is 16.4. The van der Waals surface area contributed by atoms with Crippen LogP contribution in [-0.4, -0.2) is 30.8 Å². The molecule has 0 radical (unpaired) electrons. The van der Waals surface area contributed by atoms with E-state index in [0.717, 1.165) is 0 Å². The molecule has 92 valence electrons. The number of carbonyl (C=O) groups excluding carboxylic acids is 1. The van der Waals surface area contributed by atoms with Crippen LogP contribution in [-0.2, 0) is 4.79 Å². The molecule has 0 fully saturated rings. The third-order valence-corrected chi connectivity index (χ3v) is 2.67. The molecule has 2 rings (SSSR count).